The lowest BCUT2D eigenvalue weighted by molar-refractivity contribution is 0.0956. The fourth-order valence-corrected chi connectivity index (χ4v) is 2.65. The minimum atomic E-state index is -0.199. The molecule has 0 radical (unpaired) electrons. The zero-order chi connectivity index (χ0) is 17.1. The highest BCUT2D eigenvalue weighted by Crippen LogP contribution is 2.18. The largest absolute Gasteiger partial charge is 0.272 e. The standard InChI is InChI=1S/C21H20N2O/c1-14-11-12-18(13-15(14)2)16(3)22-23-21(24)20-10-6-8-17-7-4-5-9-19(17)20/h4-13H,1-3H3,(H,23,24)/b22-16-. The summed E-state index contributed by atoms with van der Waals surface area (Å²) in [6.07, 6.45) is 0. The van der Waals surface area contributed by atoms with Crippen LogP contribution in [0, 0.1) is 13.8 Å². The Hall–Kier alpha value is -2.94. The predicted octanol–water partition coefficient (Wildman–Crippen LogP) is 4.61. The summed E-state index contributed by atoms with van der Waals surface area (Å²) in [4.78, 5) is 12.5. The van der Waals surface area contributed by atoms with Crippen molar-refractivity contribution in [3.63, 3.8) is 0 Å². The number of carbonyl (C=O) groups excluding carboxylic acids is 1. The Kier molecular flexibility index (Phi) is 4.43. The Morgan fingerprint density at radius 1 is 0.917 bits per heavy atom. The van der Waals surface area contributed by atoms with E-state index in [1.807, 2.05) is 55.5 Å². The van der Waals surface area contributed by atoms with Crippen molar-refractivity contribution in [2.45, 2.75) is 20.8 Å². The van der Waals surface area contributed by atoms with Crippen LogP contribution in [0.25, 0.3) is 10.8 Å². The summed E-state index contributed by atoms with van der Waals surface area (Å²) in [6, 6.07) is 19.7. The summed E-state index contributed by atoms with van der Waals surface area (Å²) in [5.41, 5.74) is 7.55. The van der Waals surface area contributed by atoms with E-state index in [-0.39, 0.29) is 5.91 Å². The number of aryl methyl sites for hydroxylation is 2. The fraction of sp³-hybridized carbons (Fsp3) is 0.143. The third kappa shape index (κ3) is 3.20. The highest BCUT2D eigenvalue weighted by Gasteiger charge is 2.09. The number of hydrogen-bond donors (Lipinski definition) is 1. The van der Waals surface area contributed by atoms with Gasteiger partial charge < -0.3 is 0 Å². The van der Waals surface area contributed by atoms with Gasteiger partial charge in [0.15, 0.2) is 0 Å². The van der Waals surface area contributed by atoms with Gasteiger partial charge in [-0.1, -0.05) is 48.5 Å². The number of nitrogens with one attached hydrogen (secondary N) is 1. The van der Waals surface area contributed by atoms with Crippen molar-refractivity contribution < 1.29 is 4.79 Å². The molecule has 0 saturated heterocycles. The SMILES string of the molecule is C/C(=N/NC(=O)c1cccc2ccccc12)c1ccc(C)c(C)c1. The molecule has 3 rings (SSSR count). The third-order valence-corrected chi connectivity index (χ3v) is 4.28. The van der Waals surface area contributed by atoms with E-state index in [1.165, 1.54) is 11.1 Å². The smallest absolute Gasteiger partial charge is 0.267 e. The van der Waals surface area contributed by atoms with E-state index in [0.29, 0.717) is 5.56 Å². The quantitative estimate of drug-likeness (QED) is 0.556. The molecule has 0 fully saturated rings. The molecule has 120 valence electrons. The van der Waals surface area contributed by atoms with Gasteiger partial charge in [-0.3, -0.25) is 4.79 Å². The first-order chi connectivity index (χ1) is 11.6. The molecule has 0 saturated carbocycles. The Labute approximate surface area is 142 Å². The van der Waals surface area contributed by atoms with Crippen LogP contribution in [0.2, 0.25) is 0 Å². The number of hydrazone groups is 1. The third-order valence-electron chi connectivity index (χ3n) is 4.28. The van der Waals surface area contributed by atoms with Gasteiger partial charge in [0, 0.05) is 5.56 Å². The average molecular weight is 316 g/mol. The van der Waals surface area contributed by atoms with E-state index in [0.717, 1.165) is 22.0 Å². The van der Waals surface area contributed by atoms with Crippen molar-refractivity contribution in [3.05, 3.63) is 82.9 Å². The first kappa shape index (κ1) is 15.9. The summed E-state index contributed by atoms with van der Waals surface area (Å²) in [7, 11) is 0. The second-order valence-corrected chi connectivity index (χ2v) is 5.96. The highest BCUT2D eigenvalue weighted by molar-refractivity contribution is 6.08. The lowest BCUT2D eigenvalue weighted by atomic mass is 10.0. The maximum absolute atomic E-state index is 12.5. The molecule has 0 aliphatic rings. The minimum Gasteiger partial charge on any atom is -0.267 e. The van der Waals surface area contributed by atoms with Crippen LogP contribution in [0.4, 0.5) is 0 Å². The van der Waals surface area contributed by atoms with Crippen LogP contribution < -0.4 is 5.43 Å². The fourth-order valence-electron chi connectivity index (χ4n) is 2.65. The van der Waals surface area contributed by atoms with E-state index in [2.05, 4.69) is 36.5 Å². The Morgan fingerprint density at radius 2 is 1.67 bits per heavy atom. The van der Waals surface area contributed by atoms with Crippen LogP contribution in [0.1, 0.15) is 34.0 Å². The number of amides is 1. The number of nitrogens with zero attached hydrogens (tertiary/aromatic N) is 1. The van der Waals surface area contributed by atoms with Crippen LogP contribution in [0.5, 0.6) is 0 Å². The van der Waals surface area contributed by atoms with Gasteiger partial charge in [-0.05, 0) is 60.4 Å². The molecule has 3 heteroatoms. The molecule has 3 nitrogen and oxygen atoms in total. The molecule has 1 N–H and O–H groups in total. The lowest BCUT2D eigenvalue weighted by Crippen LogP contribution is -2.19. The summed E-state index contributed by atoms with van der Waals surface area (Å²) < 4.78 is 0. The van der Waals surface area contributed by atoms with Gasteiger partial charge in [0.05, 0.1) is 5.71 Å². The molecule has 0 aliphatic carbocycles. The zero-order valence-electron chi connectivity index (χ0n) is 14.1. The predicted molar refractivity (Wildman–Crippen MR) is 99.5 cm³/mol. The van der Waals surface area contributed by atoms with Crippen molar-refractivity contribution >= 4 is 22.4 Å². The molecule has 0 aliphatic heterocycles. The number of benzene rings is 3. The maximum Gasteiger partial charge on any atom is 0.272 e. The average Bonchev–Trinajstić information content (AvgIpc) is 2.61. The van der Waals surface area contributed by atoms with Crippen molar-refractivity contribution in [3.8, 4) is 0 Å². The Balaban J connectivity index is 1.85. The highest BCUT2D eigenvalue weighted by atomic mass is 16.2. The molecule has 1 amide bonds. The number of carbonyl (C=O) groups is 1. The second-order valence-electron chi connectivity index (χ2n) is 5.96. The molecule has 0 unspecified atom stereocenters. The number of hydrogen-bond acceptors (Lipinski definition) is 2. The van der Waals surface area contributed by atoms with Crippen LogP contribution in [-0.4, -0.2) is 11.6 Å². The van der Waals surface area contributed by atoms with Crippen molar-refractivity contribution in [2.24, 2.45) is 5.10 Å². The molecule has 24 heavy (non-hydrogen) atoms. The lowest BCUT2D eigenvalue weighted by Gasteiger charge is -2.07. The molecule has 0 spiro atoms. The molecular weight excluding hydrogens is 296 g/mol. The van der Waals surface area contributed by atoms with Gasteiger partial charge >= 0.3 is 0 Å². The van der Waals surface area contributed by atoms with Crippen molar-refractivity contribution in [2.75, 3.05) is 0 Å². The van der Waals surface area contributed by atoms with Crippen molar-refractivity contribution in [1.82, 2.24) is 5.43 Å². The molecule has 3 aromatic carbocycles. The van der Waals surface area contributed by atoms with Crippen molar-refractivity contribution in [1.29, 1.82) is 0 Å². The maximum atomic E-state index is 12.5. The van der Waals surface area contributed by atoms with Crippen LogP contribution >= 0.6 is 0 Å². The summed E-state index contributed by atoms with van der Waals surface area (Å²) in [5.74, 6) is -0.199. The monoisotopic (exact) mass is 316 g/mol. The Bertz CT molecular complexity index is 936. The van der Waals surface area contributed by atoms with Crippen LogP contribution in [0.3, 0.4) is 0 Å². The van der Waals surface area contributed by atoms with E-state index >= 15 is 0 Å². The van der Waals surface area contributed by atoms with Gasteiger partial charge in [-0.2, -0.15) is 5.10 Å². The van der Waals surface area contributed by atoms with Gasteiger partial charge in [-0.25, -0.2) is 5.43 Å². The van der Waals surface area contributed by atoms with E-state index in [9.17, 15) is 4.79 Å². The summed E-state index contributed by atoms with van der Waals surface area (Å²) in [5, 5.41) is 6.23. The van der Waals surface area contributed by atoms with Gasteiger partial charge in [0.1, 0.15) is 0 Å². The second kappa shape index (κ2) is 6.67. The normalized spacial score (nSPS) is 11.5. The molecule has 0 atom stereocenters. The van der Waals surface area contributed by atoms with E-state index in [4.69, 9.17) is 0 Å². The van der Waals surface area contributed by atoms with Crippen LogP contribution in [0.15, 0.2) is 65.8 Å². The van der Waals surface area contributed by atoms with E-state index < -0.39 is 0 Å². The Morgan fingerprint density at radius 3 is 2.46 bits per heavy atom. The number of rotatable bonds is 3. The molecular formula is C21H20N2O. The first-order valence-corrected chi connectivity index (χ1v) is 7.96. The molecule has 0 bridgehead atoms. The van der Waals surface area contributed by atoms with Gasteiger partial charge in [0.2, 0.25) is 0 Å². The molecule has 0 heterocycles. The van der Waals surface area contributed by atoms with E-state index in [1.54, 1.807) is 0 Å². The first-order valence-electron chi connectivity index (χ1n) is 7.96. The van der Waals surface area contributed by atoms with Gasteiger partial charge in [-0.15, -0.1) is 0 Å². The summed E-state index contributed by atoms with van der Waals surface area (Å²) >= 11 is 0. The molecule has 3 aromatic rings. The molecule has 0 aromatic heterocycles. The van der Waals surface area contributed by atoms with Gasteiger partial charge in [0.25, 0.3) is 5.91 Å². The number of fused-ring (bicyclic) bond motifs is 1. The summed E-state index contributed by atoms with van der Waals surface area (Å²) in [6.45, 7) is 6.04. The zero-order valence-corrected chi connectivity index (χ0v) is 14.1. The topological polar surface area (TPSA) is 41.5 Å². The minimum absolute atomic E-state index is 0.199. The van der Waals surface area contributed by atoms with Crippen LogP contribution in [-0.2, 0) is 0 Å².